The number of halogens is 1. The largest absolute Gasteiger partial charge is 0.445 e. The number of thiocarbonyl (C=S) groups is 1. The van der Waals surface area contributed by atoms with Gasteiger partial charge in [-0.1, -0.05) is 48.0 Å². The fourth-order valence-corrected chi connectivity index (χ4v) is 2.47. The third-order valence-electron chi connectivity index (χ3n) is 3.51. The van der Waals surface area contributed by atoms with Crippen molar-refractivity contribution in [2.75, 3.05) is 6.54 Å². The molecule has 0 aliphatic carbocycles. The summed E-state index contributed by atoms with van der Waals surface area (Å²) in [5.41, 5.74) is 1.64. The summed E-state index contributed by atoms with van der Waals surface area (Å²) in [7, 11) is 0. The Hall–Kier alpha value is -2.28. The van der Waals surface area contributed by atoms with Crippen LogP contribution in [0.5, 0.6) is 0 Å². The van der Waals surface area contributed by atoms with E-state index in [0.29, 0.717) is 11.3 Å². The molecule has 0 aliphatic rings. The van der Waals surface area contributed by atoms with Gasteiger partial charge in [-0.2, -0.15) is 4.99 Å². The number of alkyl carbamates (subject to hydrolysis) is 1. The highest BCUT2D eigenvalue weighted by Gasteiger charge is 2.20. The second kappa shape index (κ2) is 10.0. The lowest BCUT2D eigenvalue weighted by atomic mass is 10.0. The maximum Gasteiger partial charge on any atom is 0.407 e. The topological polar surface area (TPSA) is 91.2 Å². The molecule has 26 heavy (non-hydrogen) atoms. The van der Waals surface area contributed by atoms with Crippen molar-refractivity contribution < 1.29 is 19.7 Å². The molecule has 2 aromatic rings. The first-order valence-electron chi connectivity index (χ1n) is 7.69. The Labute approximate surface area is 161 Å². The molecular formula is C18H17ClN2O4S. The average molecular weight is 393 g/mol. The first kappa shape index (κ1) is 20.0. The van der Waals surface area contributed by atoms with Gasteiger partial charge in [-0.15, -0.1) is 0 Å². The van der Waals surface area contributed by atoms with Gasteiger partial charge in [0.1, 0.15) is 18.8 Å². The van der Waals surface area contributed by atoms with E-state index in [1.54, 1.807) is 12.1 Å². The molecule has 0 radical (unpaired) electrons. The fourth-order valence-electron chi connectivity index (χ4n) is 2.14. The monoisotopic (exact) mass is 392 g/mol. The van der Waals surface area contributed by atoms with Gasteiger partial charge in [-0.25, -0.2) is 4.79 Å². The molecule has 0 bridgehead atoms. The van der Waals surface area contributed by atoms with Gasteiger partial charge >= 0.3 is 6.09 Å². The van der Waals surface area contributed by atoms with Crippen molar-refractivity contribution in [1.82, 2.24) is 5.32 Å². The van der Waals surface area contributed by atoms with Crippen molar-refractivity contribution >= 4 is 40.8 Å². The van der Waals surface area contributed by atoms with Gasteiger partial charge in [0.05, 0.1) is 15.9 Å². The van der Waals surface area contributed by atoms with E-state index in [-0.39, 0.29) is 18.2 Å². The molecular weight excluding hydrogens is 376 g/mol. The Morgan fingerprint density at radius 3 is 2.65 bits per heavy atom. The molecule has 2 atom stereocenters. The summed E-state index contributed by atoms with van der Waals surface area (Å²) in [5.74, 6) is 0. The normalized spacial score (nSPS) is 12.6. The minimum atomic E-state index is -1.24. The second-order valence-electron chi connectivity index (χ2n) is 5.37. The molecule has 136 valence electrons. The molecule has 2 aromatic carbocycles. The molecule has 0 spiro atoms. The number of aliphatic hydroxyl groups excluding tert-OH is 2. The predicted molar refractivity (Wildman–Crippen MR) is 102 cm³/mol. The van der Waals surface area contributed by atoms with E-state index in [2.05, 4.69) is 27.7 Å². The zero-order chi connectivity index (χ0) is 18.9. The van der Waals surface area contributed by atoms with Crippen LogP contribution in [-0.2, 0) is 11.3 Å². The van der Waals surface area contributed by atoms with Gasteiger partial charge in [0, 0.05) is 6.54 Å². The maximum absolute atomic E-state index is 11.7. The number of aliphatic hydroxyl groups is 2. The number of hydrogen-bond acceptors (Lipinski definition) is 6. The van der Waals surface area contributed by atoms with Crippen molar-refractivity contribution in [3.05, 3.63) is 64.7 Å². The Morgan fingerprint density at radius 2 is 2.00 bits per heavy atom. The van der Waals surface area contributed by atoms with Crippen LogP contribution < -0.4 is 5.32 Å². The van der Waals surface area contributed by atoms with E-state index in [9.17, 15) is 15.0 Å². The zero-order valence-electron chi connectivity index (χ0n) is 13.6. The highest BCUT2D eigenvalue weighted by Crippen LogP contribution is 2.28. The van der Waals surface area contributed by atoms with E-state index in [1.807, 2.05) is 30.3 Å². The summed E-state index contributed by atoms with van der Waals surface area (Å²) < 4.78 is 5.03. The minimum Gasteiger partial charge on any atom is -0.445 e. The SMILES string of the molecule is O=C(NCC(O)C(O)c1ccc(N=C=S)c(Cl)c1)OCc1ccccc1. The van der Waals surface area contributed by atoms with Crippen LogP contribution in [0.3, 0.4) is 0 Å². The molecule has 1 amide bonds. The van der Waals surface area contributed by atoms with Crippen molar-refractivity contribution in [2.45, 2.75) is 18.8 Å². The second-order valence-corrected chi connectivity index (χ2v) is 5.96. The number of aliphatic imine (C=N–C) groups is 1. The van der Waals surface area contributed by atoms with Gasteiger partial charge in [0.25, 0.3) is 0 Å². The number of amides is 1. The third kappa shape index (κ3) is 5.91. The number of ether oxygens (including phenoxy) is 1. The number of nitrogens with zero attached hydrogens (tertiary/aromatic N) is 1. The predicted octanol–water partition coefficient (Wildman–Crippen LogP) is 3.40. The number of carbonyl (C=O) groups excluding carboxylic acids is 1. The molecule has 0 fully saturated rings. The molecule has 0 aromatic heterocycles. The van der Waals surface area contributed by atoms with Gasteiger partial charge in [-0.3, -0.25) is 0 Å². The zero-order valence-corrected chi connectivity index (χ0v) is 15.2. The summed E-state index contributed by atoms with van der Waals surface area (Å²) in [4.78, 5) is 15.4. The molecule has 0 heterocycles. The molecule has 6 nitrogen and oxygen atoms in total. The quantitative estimate of drug-likeness (QED) is 0.496. The minimum absolute atomic E-state index is 0.114. The third-order valence-corrected chi connectivity index (χ3v) is 3.91. The molecule has 8 heteroatoms. The van der Waals surface area contributed by atoms with E-state index < -0.39 is 18.3 Å². The summed E-state index contributed by atoms with van der Waals surface area (Å²) in [6.07, 6.45) is -3.17. The number of hydrogen-bond donors (Lipinski definition) is 3. The van der Waals surface area contributed by atoms with Crippen LogP contribution >= 0.6 is 23.8 Å². The maximum atomic E-state index is 11.7. The Kier molecular flexibility index (Phi) is 7.72. The van der Waals surface area contributed by atoms with Gasteiger partial charge in [0.2, 0.25) is 0 Å². The van der Waals surface area contributed by atoms with Crippen LogP contribution in [-0.4, -0.2) is 34.1 Å². The Bertz CT molecular complexity index is 797. The highest BCUT2D eigenvalue weighted by atomic mass is 35.5. The smallest absolute Gasteiger partial charge is 0.407 e. The van der Waals surface area contributed by atoms with Crippen LogP contribution in [0.4, 0.5) is 10.5 Å². The molecule has 3 N–H and O–H groups in total. The Balaban J connectivity index is 1.84. The molecule has 0 saturated carbocycles. The highest BCUT2D eigenvalue weighted by molar-refractivity contribution is 7.78. The molecule has 2 rings (SSSR count). The van der Waals surface area contributed by atoms with Gasteiger partial charge < -0.3 is 20.3 Å². The van der Waals surface area contributed by atoms with Crippen LogP contribution in [0, 0.1) is 0 Å². The molecule has 0 aliphatic heterocycles. The number of carbonyl (C=O) groups is 1. The molecule has 0 saturated heterocycles. The number of isothiocyanates is 1. The Morgan fingerprint density at radius 1 is 1.27 bits per heavy atom. The van der Waals surface area contributed by atoms with Crippen molar-refractivity contribution in [3.63, 3.8) is 0 Å². The van der Waals surface area contributed by atoms with E-state index in [0.717, 1.165) is 5.56 Å². The summed E-state index contributed by atoms with van der Waals surface area (Å²) >= 11 is 10.5. The number of benzene rings is 2. The number of nitrogens with one attached hydrogen (secondary N) is 1. The lowest BCUT2D eigenvalue weighted by Gasteiger charge is -2.19. The van der Waals surface area contributed by atoms with Crippen molar-refractivity contribution in [2.24, 2.45) is 4.99 Å². The average Bonchev–Trinajstić information content (AvgIpc) is 2.66. The van der Waals surface area contributed by atoms with Crippen LogP contribution in [0.1, 0.15) is 17.2 Å². The van der Waals surface area contributed by atoms with E-state index in [1.165, 1.54) is 6.07 Å². The van der Waals surface area contributed by atoms with Gasteiger partial charge in [0.15, 0.2) is 0 Å². The summed E-state index contributed by atoms with van der Waals surface area (Å²) in [5, 5.41) is 25.1. The lowest BCUT2D eigenvalue weighted by molar-refractivity contribution is 0.0184. The van der Waals surface area contributed by atoms with Gasteiger partial charge in [-0.05, 0) is 35.5 Å². The first-order valence-corrected chi connectivity index (χ1v) is 8.48. The summed E-state index contributed by atoms with van der Waals surface area (Å²) in [6, 6.07) is 13.8. The first-order chi connectivity index (χ1) is 12.5. The van der Waals surface area contributed by atoms with Crippen molar-refractivity contribution in [1.29, 1.82) is 0 Å². The standard InChI is InChI=1S/C18H17ClN2O4S/c19-14-8-13(6-7-15(14)21-11-26)17(23)16(22)9-20-18(24)25-10-12-4-2-1-3-5-12/h1-8,16-17,22-23H,9-10H2,(H,20,24). The summed E-state index contributed by atoms with van der Waals surface area (Å²) in [6.45, 7) is -0.0744. The van der Waals surface area contributed by atoms with Crippen LogP contribution in [0.15, 0.2) is 53.5 Å². The van der Waals surface area contributed by atoms with E-state index >= 15 is 0 Å². The van der Waals surface area contributed by atoms with E-state index in [4.69, 9.17) is 16.3 Å². The molecule has 2 unspecified atom stereocenters. The number of rotatable bonds is 7. The van der Waals surface area contributed by atoms with Crippen LogP contribution in [0.2, 0.25) is 5.02 Å². The fraction of sp³-hybridized carbons (Fsp3) is 0.222. The van der Waals surface area contributed by atoms with Crippen LogP contribution in [0.25, 0.3) is 0 Å². The van der Waals surface area contributed by atoms with Crippen molar-refractivity contribution in [3.8, 4) is 0 Å². The lowest BCUT2D eigenvalue weighted by Crippen LogP contribution is -2.35.